The van der Waals surface area contributed by atoms with Gasteiger partial charge in [0.2, 0.25) is 0 Å². The van der Waals surface area contributed by atoms with Gasteiger partial charge in [-0.15, -0.1) is 0 Å². The second kappa shape index (κ2) is 5.49. The van der Waals surface area contributed by atoms with Gasteiger partial charge in [-0.3, -0.25) is 4.79 Å². The van der Waals surface area contributed by atoms with Crippen molar-refractivity contribution in [1.29, 1.82) is 0 Å². The largest absolute Gasteiger partial charge is 0.365 e. The molecule has 0 heterocycles. The van der Waals surface area contributed by atoms with Crippen molar-refractivity contribution in [3.8, 4) is 0 Å². The number of Topliss-reactive ketones (excluding diaryl/α,β-unsaturated/α-hetero) is 1. The van der Waals surface area contributed by atoms with Crippen LogP contribution in [0.2, 0.25) is 0 Å². The molecule has 98 valence electrons. The van der Waals surface area contributed by atoms with Crippen molar-refractivity contribution >= 4 is 5.78 Å². The smallest absolute Gasteiger partial charge is 0.166 e. The van der Waals surface area contributed by atoms with E-state index in [0.29, 0.717) is 12.8 Å². The van der Waals surface area contributed by atoms with E-state index in [9.17, 15) is 15.0 Å². The highest BCUT2D eigenvalue weighted by molar-refractivity contribution is 5.81. The van der Waals surface area contributed by atoms with Crippen LogP contribution in [0.4, 0.5) is 0 Å². The zero-order valence-electron chi connectivity index (χ0n) is 10.5. The molecule has 0 aliphatic heterocycles. The molecule has 2 aliphatic carbocycles. The van der Waals surface area contributed by atoms with Crippen molar-refractivity contribution in [2.24, 2.45) is 11.8 Å². The van der Waals surface area contributed by atoms with Gasteiger partial charge in [0, 0.05) is 24.7 Å². The van der Waals surface area contributed by atoms with E-state index in [4.69, 9.17) is 0 Å². The molecule has 3 nitrogen and oxygen atoms in total. The summed E-state index contributed by atoms with van der Waals surface area (Å²) in [6.45, 7) is 0. The van der Waals surface area contributed by atoms with Crippen molar-refractivity contribution in [1.82, 2.24) is 0 Å². The van der Waals surface area contributed by atoms with E-state index >= 15 is 0 Å². The molecule has 0 spiro atoms. The molecule has 0 amide bonds. The van der Waals surface area contributed by atoms with Gasteiger partial charge in [0.25, 0.3) is 0 Å². The monoisotopic (exact) mass is 240 g/mol. The van der Waals surface area contributed by atoms with Gasteiger partial charge in [0.05, 0.1) is 0 Å². The molecule has 0 bridgehead atoms. The Balaban J connectivity index is 2.13. The van der Waals surface area contributed by atoms with Gasteiger partial charge in [-0.25, -0.2) is 0 Å². The summed E-state index contributed by atoms with van der Waals surface area (Å²) >= 11 is 0. The zero-order chi connectivity index (χ0) is 12.3. The number of carbonyl (C=O) groups excluding carboxylic acids is 1. The van der Waals surface area contributed by atoms with Crippen molar-refractivity contribution in [3.05, 3.63) is 0 Å². The van der Waals surface area contributed by atoms with Gasteiger partial charge in [0.15, 0.2) is 5.79 Å². The minimum Gasteiger partial charge on any atom is -0.365 e. The highest BCUT2D eigenvalue weighted by atomic mass is 16.5. The molecular formula is C14H24O3. The van der Waals surface area contributed by atoms with E-state index in [2.05, 4.69) is 0 Å². The highest BCUT2D eigenvalue weighted by Gasteiger charge is 2.42. The highest BCUT2D eigenvalue weighted by Crippen LogP contribution is 2.39. The van der Waals surface area contributed by atoms with Crippen LogP contribution in [0, 0.1) is 11.8 Å². The van der Waals surface area contributed by atoms with Gasteiger partial charge in [-0.1, -0.05) is 25.7 Å². The number of hydrogen-bond donors (Lipinski definition) is 2. The number of hydrogen-bond acceptors (Lipinski definition) is 3. The summed E-state index contributed by atoms with van der Waals surface area (Å²) in [5, 5.41) is 20.4. The Kier molecular flexibility index (Phi) is 4.21. The molecular weight excluding hydrogens is 216 g/mol. The maximum Gasteiger partial charge on any atom is 0.166 e. The van der Waals surface area contributed by atoms with Crippen LogP contribution in [-0.2, 0) is 4.79 Å². The molecule has 0 radical (unpaired) electrons. The summed E-state index contributed by atoms with van der Waals surface area (Å²) < 4.78 is 0. The van der Waals surface area contributed by atoms with E-state index in [0.717, 1.165) is 51.4 Å². The molecule has 2 fully saturated rings. The fourth-order valence-corrected chi connectivity index (χ4v) is 3.48. The van der Waals surface area contributed by atoms with Crippen LogP contribution in [0.1, 0.15) is 64.2 Å². The average Bonchev–Trinajstić information content (AvgIpc) is 2.57. The van der Waals surface area contributed by atoms with Gasteiger partial charge in [-0.2, -0.15) is 0 Å². The molecule has 2 N–H and O–H groups in total. The Labute approximate surface area is 103 Å². The first-order chi connectivity index (χ1) is 8.11. The van der Waals surface area contributed by atoms with Crippen molar-refractivity contribution < 1.29 is 15.0 Å². The summed E-state index contributed by atoms with van der Waals surface area (Å²) in [6, 6.07) is 0. The Morgan fingerprint density at radius 2 is 1.65 bits per heavy atom. The predicted octanol–water partition coefficient (Wildman–Crippen LogP) is 2.40. The molecule has 17 heavy (non-hydrogen) atoms. The SMILES string of the molecule is O=C1CCCCCC1C1CCCCCC1(O)O. The summed E-state index contributed by atoms with van der Waals surface area (Å²) in [4.78, 5) is 12.1. The van der Waals surface area contributed by atoms with E-state index in [1.165, 1.54) is 0 Å². The first kappa shape index (κ1) is 13.0. The number of aliphatic hydroxyl groups is 2. The molecule has 2 rings (SSSR count). The standard InChI is InChI=1S/C14H24O3/c15-13-9-5-1-3-7-11(13)12-8-4-2-6-10-14(12,16)17/h11-12,16-17H,1-10H2. The minimum atomic E-state index is -1.61. The molecule has 2 saturated carbocycles. The summed E-state index contributed by atoms with van der Waals surface area (Å²) in [6.07, 6.45) is 8.81. The molecule has 2 atom stereocenters. The molecule has 2 aliphatic rings. The lowest BCUT2D eigenvalue weighted by molar-refractivity contribution is -0.215. The maximum atomic E-state index is 12.1. The topological polar surface area (TPSA) is 57.5 Å². The van der Waals surface area contributed by atoms with E-state index < -0.39 is 5.79 Å². The molecule has 0 aromatic heterocycles. The number of ketones is 1. The molecule has 0 saturated heterocycles. The molecule has 0 aromatic rings. The van der Waals surface area contributed by atoms with E-state index in [-0.39, 0.29) is 17.6 Å². The Hall–Kier alpha value is -0.410. The lowest BCUT2D eigenvalue weighted by Crippen LogP contribution is -2.43. The van der Waals surface area contributed by atoms with Crippen LogP contribution >= 0.6 is 0 Å². The third-order valence-corrected chi connectivity index (χ3v) is 4.49. The van der Waals surface area contributed by atoms with Crippen LogP contribution in [0.15, 0.2) is 0 Å². The quantitative estimate of drug-likeness (QED) is 0.546. The second-order valence-electron chi connectivity index (χ2n) is 5.76. The molecule has 2 unspecified atom stereocenters. The van der Waals surface area contributed by atoms with E-state index in [1.54, 1.807) is 0 Å². The summed E-state index contributed by atoms with van der Waals surface area (Å²) in [7, 11) is 0. The third kappa shape index (κ3) is 3.08. The fourth-order valence-electron chi connectivity index (χ4n) is 3.48. The van der Waals surface area contributed by atoms with Crippen LogP contribution in [0.3, 0.4) is 0 Å². The first-order valence-electron chi connectivity index (χ1n) is 7.09. The zero-order valence-corrected chi connectivity index (χ0v) is 10.5. The Morgan fingerprint density at radius 1 is 0.941 bits per heavy atom. The fraction of sp³-hybridized carbons (Fsp3) is 0.929. The van der Waals surface area contributed by atoms with E-state index in [1.807, 2.05) is 0 Å². The van der Waals surface area contributed by atoms with Gasteiger partial charge >= 0.3 is 0 Å². The Morgan fingerprint density at radius 3 is 2.47 bits per heavy atom. The van der Waals surface area contributed by atoms with Gasteiger partial charge < -0.3 is 10.2 Å². The van der Waals surface area contributed by atoms with Gasteiger partial charge in [0.1, 0.15) is 5.78 Å². The maximum absolute atomic E-state index is 12.1. The van der Waals surface area contributed by atoms with Crippen LogP contribution < -0.4 is 0 Å². The summed E-state index contributed by atoms with van der Waals surface area (Å²) in [5.74, 6) is -1.68. The van der Waals surface area contributed by atoms with Gasteiger partial charge in [-0.05, 0) is 25.7 Å². The average molecular weight is 240 g/mol. The third-order valence-electron chi connectivity index (χ3n) is 4.49. The number of rotatable bonds is 1. The molecule has 0 aromatic carbocycles. The Bertz CT molecular complexity index is 273. The van der Waals surface area contributed by atoms with Crippen molar-refractivity contribution in [2.75, 3.05) is 0 Å². The lowest BCUT2D eigenvalue weighted by Gasteiger charge is -2.34. The van der Waals surface area contributed by atoms with Crippen LogP contribution in [0.5, 0.6) is 0 Å². The molecule has 3 heteroatoms. The summed E-state index contributed by atoms with van der Waals surface area (Å²) in [5.41, 5.74) is 0. The van der Waals surface area contributed by atoms with Crippen LogP contribution in [0.25, 0.3) is 0 Å². The lowest BCUT2D eigenvalue weighted by atomic mass is 9.77. The normalized spacial score (nSPS) is 35.1. The minimum absolute atomic E-state index is 0.106. The predicted molar refractivity (Wildman–Crippen MR) is 65.3 cm³/mol. The first-order valence-corrected chi connectivity index (χ1v) is 7.09. The van der Waals surface area contributed by atoms with Crippen molar-refractivity contribution in [2.45, 2.75) is 70.0 Å². The second-order valence-corrected chi connectivity index (χ2v) is 5.76. The number of carbonyl (C=O) groups is 1. The van der Waals surface area contributed by atoms with Crippen molar-refractivity contribution in [3.63, 3.8) is 0 Å². The van der Waals surface area contributed by atoms with Crippen LogP contribution in [-0.4, -0.2) is 21.8 Å².